The summed E-state index contributed by atoms with van der Waals surface area (Å²) in [5.41, 5.74) is 3.48. The highest BCUT2D eigenvalue weighted by Gasteiger charge is 2.13. The maximum atomic E-state index is 14.0. The summed E-state index contributed by atoms with van der Waals surface area (Å²) in [5.74, 6) is -0.187. The molecule has 0 aliphatic rings. The van der Waals surface area contributed by atoms with Crippen molar-refractivity contribution >= 4 is 11.6 Å². The summed E-state index contributed by atoms with van der Waals surface area (Å²) < 4.78 is 18.9. The Balaban J connectivity index is 1.76. The minimum atomic E-state index is -0.405. The van der Waals surface area contributed by atoms with Gasteiger partial charge in [0.05, 0.1) is 19.0 Å². The molecule has 1 heterocycles. The minimum absolute atomic E-state index is 0.0732. The van der Waals surface area contributed by atoms with Crippen LogP contribution in [0.2, 0.25) is 5.02 Å². The summed E-state index contributed by atoms with van der Waals surface area (Å²) in [4.78, 5) is 0. The normalized spacial score (nSPS) is 12.2. The van der Waals surface area contributed by atoms with Gasteiger partial charge in [0.1, 0.15) is 0 Å². The van der Waals surface area contributed by atoms with E-state index in [1.165, 1.54) is 13.2 Å². The first-order valence-electron chi connectivity index (χ1n) is 7.94. The van der Waals surface area contributed by atoms with E-state index in [4.69, 9.17) is 16.3 Å². The van der Waals surface area contributed by atoms with Crippen molar-refractivity contribution in [2.75, 3.05) is 7.11 Å². The average Bonchev–Trinajstić information content (AvgIpc) is 3.08. The third kappa shape index (κ3) is 3.83. The second-order valence-corrected chi connectivity index (χ2v) is 6.15. The van der Waals surface area contributed by atoms with Crippen LogP contribution in [-0.4, -0.2) is 17.3 Å². The molecule has 130 valence electrons. The average molecular weight is 360 g/mol. The molecule has 6 heteroatoms. The standard InChI is InChI=1S/C19H19ClFN3O/c1-12(15-5-3-4-6-16(15)20)22-10-14-11-23-24-19(14)13-7-8-18(25-2)17(21)9-13/h3-9,11-12,22H,10H2,1-2H3,(H,23,24)/t12-/m1/s1. The SMILES string of the molecule is COc1ccc(-c2[nH]ncc2CN[C@H](C)c2ccccc2Cl)cc1F. The van der Waals surface area contributed by atoms with E-state index in [9.17, 15) is 4.39 Å². The van der Waals surface area contributed by atoms with Crippen LogP contribution in [0.1, 0.15) is 24.1 Å². The molecule has 0 bridgehead atoms. The Morgan fingerprint density at radius 2 is 2.08 bits per heavy atom. The fraction of sp³-hybridized carbons (Fsp3) is 0.211. The number of aromatic amines is 1. The Labute approximate surface area is 151 Å². The number of H-pyrrole nitrogens is 1. The molecule has 25 heavy (non-hydrogen) atoms. The lowest BCUT2D eigenvalue weighted by atomic mass is 10.1. The molecule has 0 spiro atoms. The van der Waals surface area contributed by atoms with Gasteiger partial charge in [-0.1, -0.05) is 29.8 Å². The van der Waals surface area contributed by atoms with Gasteiger partial charge < -0.3 is 10.1 Å². The zero-order chi connectivity index (χ0) is 17.8. The summed E-state index contributed by atoms with van der Waals surface area (Å²) in [7, 11) is 1.44. The molecule has 3 rings (SSSR count). The number of halogens is 2. The second-order valence-electron chi connectivity index (χ2n) is 5.74. The van der Waals surface area contributed by atoms with E-state index in [1.807, 2.05) is 31.2 Å². The molecule has 0 fully saturated rings. The van der Waals surface area contributed by atoms with Crippen molar-refractivity contribution in [2.24, 2.45) is 0 Å². The first-order valence-corrected chi connectivity index (χ1v) is 8.32. The first kappa shape index (κ1) is 17.5. The van der Waals surface area contributed by atoms with E-state index in [-0.39, 0.29) is 11.8 Å². The Bertz CT molecular complexity index is 865. The quantitative estimate of drug-likeness (QED) is 0.669. The van der Waals surface area contributed by atoms with Crippen molar-refractivity contribution in [3.63, 3.8) is 0 Å². The molecule has 1 aromatic heterocycles. The van der Waals surface area contributed by atoms with Crippen LogP contribution in [0.15, 0.2) is 48.7 Å². The fourth-order valence-corrected chi connectivity index (χ4v) is 3.02. The molecule has 2 N–H and O–H groups in total. The highest BCUT2D eigenvalue weighted by molar-refractivity contribution is 6.31. The third-order valence-corrected chi connectivity index (χ3v) is 4.47. The fourth-order valence-electron chi connectivity index (χ4n) is 2.72. The van der Waals surface area contributed by atoms with Crippen molar-refractivity contribution < 1.29 is 9.13 Å². The molecule has 1 atom stereocenters. The number of methoxy groups -OCH3 is 1. The Morgan fingerprint density at radius 3 is 2.80 bits per heavy atom. The largest absolute Gasteiger partial charge is 0.494 e. The lowest BCUT2D eigenvalue weighted by Crippen LogP contribution is -2.18. The number of aromatic nitrogens is 2. The molecule has 4 nitrogen and oxygen atoms in total. The monoisotopic (exact) mass is 359 g/mol. The van der Waals surface area contributed by atoms with Gasteiger partial charge in [0.2, 0.25) is 0 Å². The van der Waals surface area contributed by atoms with Crippen molar-refractivity contribution in [3.05, 3.63) is 70.6 Å². The van der Waals surface area contributed by atoms with Crippen LogP contribution in [0.5, 0.6) is 5.75 Å². The number of ether oxygens (including phenoxy) is 1. The Hall–Kier alpha value is -2.37. The second kappa shape index (κ2) is 7.68. The van der Waals surface area contributed by atoms with Gasteiger partial charge in [-0.15, -0.1) is 0 Å². The summed E-state index contributed by atoms with van der Waals surface area (Å²) in [6.45, 7) is 2.62. The van der Waals surface area contributed by atoms with Crippen molar-refractivity contribution in [1.29, 1.82) is 0 Å². The van der Waals surface area contributed by atoms with Crippen LogP contribution in [-0.2, 0) is 6.54 Å². The van der Waals surface area contributed by atoms with Crippen LogP contribution in [0.3, 0.4) is 0 Å². The van der Waals surface area contributed by atoms with Gasteiger partial charge in [-0.3, -0.25) is 5.10 Å². The van der Waals surface area contributed by atoms with Crippen LogP contribution in [0.4, 0.5) is 4.39 Å². The number of hydrogen-bond acceptors (Lipinski definition) is 3. The number of benzene rings is 2. The third-order valence-electron chi connectivity index (χ3n) is 4.13. The van der Waals surface area contributed by atoms with Crippen LogP contribution in [0.25, 0.3) is 11.3 Å². The number of nitrogens with one attached hydrogen (secondary N) is 2. The molecule has 0 unspecified atom stereocenters. The van der Waals surface area contributed by atoms with Crippen molar-refractivity contribution in [2.45, 2.75) is 19.5 Å². The zero-order valence-electron chi connectivity index (χ0n) is 14.0. The number of nitrogens with zero attached hydrogens (tertiary/aromatic N) is 1. The van der Waals surface area contributed by atoms with Gasteiger partial charge in [0, 0.05) is 28.7 Å². The van der Waals surface area contributed by atoms with Gasteiger partial charge in [0.25, 0.3) is 0 Å². The van der Waals surface area contributed by atoms with E-state index >= 15 is 0 Å². The van der Waals surface area contributed by atoms with E-state index in [1.54, 1.807) is 18.3 Å². The Morgan fingerprint density at radius 1 is 1.28 bits per heavy atom. The smallest absolute Gasteiger partial charge is 0.165 e. The lowest BCUT2D eigenvalue weighted by molar-refractivity contribution is 0.386. The van der Waals surface area contributed by atoms with Gasteiger partial charge in [-0.05, 0) is 36.8 Å². The summed E-state index contributed by atoms with van der Waals surface area (Å²) >= 11 is 6.24. The van der Waals surface area contributed by atoms with Gasteiger partial charge in [-0.2, -0.15) is 5.10 Å². The predicted octanol–water partition coefficient (Wildman–Crippen LogP) is 4.73. The molecule has 3 aromatic rings. The Kier molecular flexibility index (Phi) is 5.36. The number of rotatable bonds is 6. The molecule has 0 aliphatic carbocycles. The van der Waals surface area contributed by atoms with Gasteiger partial charge in [0.15, 0.2) is 11.6 Å². The van der Waals surface area contributed by atoms with Crippen molar-refractivity contribution in [1.82, 2.24) is 15.5 Å². The minimum Gasteiger partial charge on any atom is -0.494 e. The predicted molar refractivity (Wildman–Crippen MR) is 97.2 cm³/mol. The van der Waals surface area contributed by atoms with Crippen LogP contribution < -0.4 is 10.1 Å². The van der Waals surface area contributed by atoms with E-state index in [2.05, 4.69) is 15.5 Å². The summed E-state index contributed by atoms with van der Waals surface area (Å²) in [5, 5.41) is 11.2. The van der Waals surface area contributed by atoms with Crippen LogP contribution in [0, 0.1) is 5.82 Å². The van der Waals surface area contributed by atoms with Gasteiger partial charge in [-0.25, -0.2) is 4.39 Å². The molecular formula is C19H19ClFN3O. The zero-order valence-corrected chi connectivity index (χ0v) is 14.8. The number of hydrogen-bond donors (Lipinski definition) is 2. The highest BCUT2D eigenvalue weighted by Crippen LogP contribution is 2.27. The molecule has 2 aromatic carbocycles. The summed E-state index contributed by atoms with van der Waals surface area (Å²) in [6.07, 6.45) is 1.74. The molecular weight excluding hydrogens is 341 g/mol. The van der Waals surface area contributed by atoms with Crippen molar-refractivity contribution in [3.8, 4) is 17.0 Å². The highest BCUT2D eigenvalue weighted by atomic mass is 35.5. The summed E-state index contributed by atoms with van der Waals surface area (Å²) in [6, 6.07) is 12.7. The van der Waals surface area contributed by atoms with E-state index in [0.717, 1.165) is 27.4 Å². The molecule has 0 amide bonds. The lowest BCUT2D eigenvalue weighted by Gasteiger charge is -2.15. The first-order chi connectivity index (χ1) is 12.1. The molecule has 0 saturated carbocycles. The van der Waals surface area contributed by atoms with E-state index in [0.29, 0.717) is 6.54 Å². The maximum absolute atomic E-state index is 14.0. The van der Waals surface area contributed by atoms with Crippen LogP contribution >= 0.6 is 11.6 Å². The van der Waals surface area contributed by atoms with Gasteiger partial charge >= 0.3 is 0 Å². The molecule has 0 saturated heterocycles. The molecule has 0 radical (unpaired) electrons. The molecule has 0 aliphatic heterocycles. The maximum Gasteiger partial charge on any atom is 0.165 e. The van der Waals surface area contributed by atoms with E-state index < -0.39 is 5.82 Å². The topological polar surface area (TPSA) is 49.9 Å².